The summed E-state index contributed by atoms with van der Waals surface area (Å²) in [5.74, 6) is -0.298. The first-order valence-corrected chi connectivity index (χ1v) is 9.20. The van der Waals surface area contributed by atoms with Crippen LogP contribution < -0.4 is 4.90 Å². The van der Waals surface area contributed by atoms with Gasteiger partial charge >= 0.3 is 0 Å². The van der Waals surface area contributed by atoms with Crippen LogP contribution in [0.5, 0.6) is 0 Å². The fraction of sp³-hybridized carbons (Fsp3) is 0.353. The van der Waals surface area contributed by atoms with E-state index in [0.29, 0.717) is 5.69 Å². The lowest BCUT2D eigenvalue weighted by Gasteiger charge is -2.20. The number of halogens is 1. The van der Waals surface area contributed by atoms with Gasteiger partial charge in [0.2, 0.25) is 0 Å². The molecule has 1 aromatic carbocycles. The second kappa shape index (κ2) is 7.28. The fourth-order valence-electron chi connectivity index (χ4n) is 3.05. The van der Waals surface area contributed by atoms with Crippen LogP contribution in [0.1, 0.15) is 12.1 Å². The van der Waals surface area contributed by atoms with Crippen molar-refractivity contribution in [2.75, 3.05) is 31.1 Å². The van der Waals surface area contributed by atoms with E-state index in [9.17, 15) is 4.39 Å². The molecule has 0 saturated carbocycles. The molecule has 0 N–H and O–H groups in total. The molecule has 0 aliphatic carbocycles. The average molecular weight is 358 g/mol. The van der Waals surface area contributed by atoms with Crippen LogP contribution in [-0.2, 0) is 6.54 Å². The molecule has 1 aliphatic heterocycles. The second-order valence-corrected chi connectivity index (χ2v) is 6.91. The quantitative estimate of drug-likeness (QED) is 0.717. The van der Waals surface area contributed by atoms with Gasteiger partial charge in [-0.25, -0.2) is 14.1 Å². The van der Waals surface area contributed by atoms with Crippen LogP contribution in [0.2, 0.25) is 0 Å². The molecule has 1 fully saturated rings. The van der Waals surface area contributed by atoms with Crippen molar-refractivity contribution in [1.29, 1.82) is 0 Å². The SMILES string of the molecule is Fc1ccccc1-n1cc(CN2CCCN(c3nccs3)CC2)nn1. The van der Waals surface area contributed by atoms with Crippen LogP contribution in [0.4, 0.5) is 9.52 Å². The maximum atomic E-state index is 13.9. The van der Waals surface area contributed by atoms with Crippen LogP contribution in [0.25, 0.3) is 5.69 Å². The van der Waals surface area contributed by atoms with Gasteiger partial charge in [0.25, 0.3) is 0 Å². The third-order valence-corrected chi connectivity index (χ3v) is 5.14. The summed E-state index contributed by atoms with van der Waals surface area (Å²) >= 11 is 1.68. The Morgan fingerprint density at radius 3 is 2.88 bits per heavy atom. The van der Waals surface area contributed by atoms with E-state index in [1.165, 1.54) is 10.7 Å². The normalized spacial score (nSPS) is 16.1. The lowest BCUT2D eigenvalue weighted by atomic mass is 10.3. The van der Waals surface area contributed by atoms with Crippen LogP contribution in [0, 0.1) is 5.82 Å². The Labute approximate surface area is 149 Å². The molecular weight excluding hydrogens is 339 g/mol. The van der Waals surface area contributed by atoms with E-state index < -0.39 is 0 Å². The van der Waals surface area contributed by atoms with E-state index in [0.717, 1.165) is 50.0 Å². The van der Waals surface area contributed by atoms with E-state index in [2.05, 4.69) is 25.1 Å². The minimum absolute atomic E-state index is 0.298. The molecule has 2 aromatic heterocycles. The van der Waals surface area contributed by atoms with Crippen molar-refractivity contribution in [2.24, 2.45) is 0 Å². The molecule has 1 aliphatic rings. The first-order valence-electron chi connectivity index (χ1n) is 8.32. The highest BCUT2D eigenvalue weighted by molar-refractivity contribution is 7.13. The number of rotatable bonds is 4. The zero-order valence-corrected chi connectivity index (χ0v) is 14.6. The number of thiazole rings is 1. The molecule has 130 valence electrons. The summed E-state index contributed by atoms with van der Waals surface area (Å²) in [6.45, 7) is 4.65. The Hall–Kier alpha value is -2.32. The molecule has 0 spiro atoms. The van der Waals surface area contributed by atoms with Gasteiger partial charge in [0, 0.05) is 44.3 Å². The molecular formula is C17H19FN6S. The Kier molecular flexibility index (Phi) is 4.71. The maximum absolute atomic E-state index is 13.9. The lowest BCUT2D eigenvalue weighted by Crippen LogP contribution is -2.30. The van der Waals surface area contributed by atoms with E-state index in [1.54, 1.807) is 29.5 Å². The molecule has 1 saturated heterocycles. The summed E-state index contributed by atoms with van der Waals surface area (Å²) in [7, 11) is 0. The van der Waals surface area contributed by atoms with Crippen LogP contribution >= 0.6 is 11.3 Å². The van der Waals surface area contributed by atoms with Crippen molar-refractivity contribution in [3.8, 4) is 5.69 Å². The van der Waals surface area contributed by atoms with Crippen molar-refractivity contribution in [2.45, 2.75) is 13.0 Å². The van der Waals surface area contributed by atoms with Crippen LogP contribution in [0.15, 0.2) is 42.0 Å². The highest BCUT2D eigenvalue weighted by Crippen LogP contribution is 2.19. The van der Waals surface area contributed by atoms with Gasteiger partial charge in [-0.2, -0.15) is 0 Å². The molecule has 0 bridgehead atoms. The minimum Gasteiger partial charge on any atom is -0.347 e. The molecule has 0 radical (unpaired) electrons. The number of hydrogen-bond donors (Lipinski definition) is 0. The highest BCUT2D eigenvalue weighted by Gasteiger charge is 2.18. The van der Waals surface area contributed by atoms with Crippen LogP contribution in [0.3, 0.4) is 0 Å². The predicted octanol–water partition coefficient (Wildman–Crippen LogP) is 2.58. The molecule has 0 unspecified atom stereocenters. The van der Waals surface area contributed by atoms with Crippen molar-refractivity contribution in [1.82, 2.24) is 24.9 Å². The third-order valence-electron chi connectivity index (χ3n) is 4.30. The number of anilines is 1. The first kappa shape index (κ1) is 16.2. The smallest absolute Gasteiger partial charge is 0.185 e. The monoisotopic (exact) mass is 358 g/mol. The zero-order chi connectivity index (χ0) is 17.1. The van der Waals surface area contributed by atoms with Crippen molar-refractivity contribution in [3.63, 3.8) is 0 Å². The molecule has 4 rings (SSSR count). The van der Waals surface area contributed by atoms with Gasteiger partial charge in [0.05, 0.1) is 11.9 Å². The Bertz CT molecular complexity index is 818. The highest BCUT2D eigenvalue weighted by atomic mass is 32.1. The largest absolute Gasteiger partial charge is 0.347 e. The summed E-state index contributed by atoms with van der Waals surface area (Å²) in [5.41, 5.74) is 1.28. The number of benzene rings is 1. The fourth-order valence-corrected chi connectivity index (χ4v) is 3.74. The standard InChI is InChI=1S/C17H19FN6S/c18-15-4-1-2-5-16(15)24-13-14(20-21-24)12-22-7-3-8-23(10-9-22)17-19-6-11-25-17/h1-2,4-6,11,13H,3,7-10,12H2. The van der Waals surface area contributed by atoms with Gasteiger partial charge < -0.3 is 4.90 Å². The molecule has 0 amide bonds. The molecule has 6 nitrogen and oxygen atoms in total. The zero-order valence-electron chi connectivity index (χ0n) is 13.8. The number of para-hydroxylation sites is 1. The molecule has 3 heterocycles. The van der Waals surface area contributed by atoms with Crippen LogP contribution in [-0.4, -0.2) is 51.1 Å². The molecule has 8 heteroatoms. The van der Waals surface area contributed by atoms with E-state index in [4.69, 9.17) is 0 Å². The van der Waals surface area contributed by atoms with Gasteiger partial charge in [0.1, 0.15) is 11.5 Å². The first-order chi connectivity index (χ1) is 12.3. The van der Waals surface area contributed by atoms with E-state index in [1.807, 2.05) is 17.8 Å². The van der Waals surface area contributed by atoms with Gasteiger partial charge in [-0.15, -0.1) is 16.4 Å². The van der Waals surface area contributed by atoms with Crippen molar-refractivity contribution in [3.05, 3.63) is 53.6 Å². The Morgan fingerprint density at radius 1 is 1.12 bits per heavy atom. The summed E-state index contributed by atoms with van der Waals surface area (Å²) in [6, 6.07) is 6.59. The number of hydrogen-bond acceptors (Lipinski definition) is 6. The maximum Gasteiger partial charge on any atom is 0.185 e. The summed E-state index contributed by atoms with van der Waals surface area (Å²) in [4.78, 5) is 9.10. The Morgan fingerprint density at radius 2 is 2.04 bits per heavy atom. The number of aromatic nitrogens is 4. The lowest BCUT2D eigenvalue weighted by molar-refractivity contribution is 0.282. The van der Waals surface area contributed by atoms with E-state index >= 15 is 0 Å². The van der Waals surface area contributed by atoms with E-state index in [-0.39, 0.29) is 5.82 Å². The van der Waals surface area contributed by atoms with Gasteiger partial charge in [-0.05, 0) is 18.6 Å². The molecule has 25 heavy (non-hydrogen) atoms. The van der Waals surface area contributed by atoms with Gasteiger partial charge in [-0.1, -0.05) is 17.3 Å². The van der Waals surface area contributed by atoms with Crippen molar-refractivity contribution < 1.29 is 4.39 Å². The minimum atomic E-state index is -0.298. The second-order valence-electron chi connectivity index (χ2n) is 6.04. The van der Waals surface area contributed by atoms with Gasteiger partial charge in [0.15, 0.2) is 5.13 Å². The molecule has 3 aromatic rings. The summed E-state index contributed by atoms with van der Waals surface area (Å²) in [5, 5.41) is 11.4. The summed E-state index contributed by atoms with van der Waals surface area (Å²) in [6.07, 6.45) is 4.74. The topological polar surface area (TPSA) is 50.1 Å². The molecule has 0 atom stereocenters. The Balaban J connectivity index is 1.40. The van der Waals surface area contributed by atoms with Gasteiger partial charge in [-0.3, -0.25) is 4.90 Å². The average Bonchev–Trinajstić information content (AvgIpc) is 3.25. The summed E-state index contributed by atoms with van der Waals surface area (Å²) < 4.78 is 15.4. The van der Waals surface area contributed by atoms with Crippen molar-refractivity contribution >= 4 is 16.5 Å². The number of nitrogens with zero attached hydrogens (tertiary/aromatic N) is 6. The third kappa shape index (κ3) is 3.69. The predicted molar refractivity (Wildman–Crippen MR) is 95.5 cm³/mol.